The molecule has 0 aliphatic rings. The molecule has 0 saturated carbocycles. The first-order valence-electron chi connectivity index (χ1n) is 4.18. The summed E-state index contributed by atoms with van der Waals surface area (Å²) in [5.74, 6) is 0.351. The number of nitrogens with two attached hydrogens (primary N) is 1. The third-order valence-corrected chi connectivity index (χ3v) is 1.56. The predicted molar refractivity (Wildman–Crippen MR) is 50.6 cm³/mol. The predicted octanol–water partition coefficient (Wildman–Crippen LogP) is 0.297. The van der Waals surface area contributed by atoms with Gasteiger partial charge in [-0.3, -0.25) is 0 Å². The fraction of sp³-hybridized carbons (Fsp3) is 0.333. The zero-order valence-electron chi connectivity index (χ0n) is 7.60. The third kappa shape index (κ3) is 2.61. The highest BCUT2D eigenvalue weighted by molar-refractivity contribution is 5.50. The number of aliphatic hydroxyl groups is 1. The molecule has 0 fully saturated rings. The summed E-state index contributed by atoms with van der Waals surface area (Å²) < 4.78 is 5.17. The Balaban J connectivity index is 2.66. The Kier molecular flexibility index (Phi) is 3.70. The van der Waals surface area contributed by atoms with Crippen LogP contribution in [0.5, 0.6) is 5.88 Å². The monoisotopic (exact) mass is 193 g/mol. The molecule has 0 radical (unpaired) electrons. The van der Waals surface area contributed by atoms with Crippen molar-refractivity contribution in [3.8, 4) is 11.9 Å². The van der Waals surface area contributed by atoms with Gasteiger partial charge in [0, 0.05) is 19.1 Å². The van der Waals surface area contributed by atoms with Gasteiger partial charge in [-0.1, -0.05) is 0 Å². The summed E-state index contributed by atoms with van der Waals surface area (Å²) in [6.45, 7) is 0.443. The lowest BCUT2D eigenvalue weighted by atomic mass is 10.3. The van der Waals surface area contributed by atoms with Crippen LogP contribution in [0.15, 0.2) is 12.1 Å². The Labute approximate surface area is 81.8 Å². The second-order valence-corrected chi connectivity index (χ2v) is 2.62. The first kappa shape index (κ1) is 10.3. The summed E-state index contributed by atoms with van der Waals surface area (Å²) in [7, 11) is 0. The molecule has 1 aromatic rings. The number of nitrogens with zero attached hydrogens (tertiary/aromatic N) is 2. The number of pyridine rings is 1. The number of hydrogen-bond donors (Lipinski definition) is 2. The van der Waals surface area contributed by atoms with Crippen LogP contribution in [0.1, 0.15) is 12.1 Å². The topological polar surface area (TPSA) is 92.2 Å². The summed E-state index contributed by atoms with van der Waals surface area (Å²) in [5, 5.41) is 17.1. The molecular weight excluding hydrogens is 182 g/mol. The fourth-order valence-electron chi connectivity index (χ4n) is 0.863. The maximum Gasteiger partial charge on any atom is 0.214 e. The molecule has 0 bridgehead atoms. The van der Waals surface area contributed by atoms with Gasteiger partial charge in [-0.2, -0.15) is 5.26 Å². The average Bonchev–Trinajstić information content (AvgIpc) is 2.21. The van der Waals surface area contributed by atoms with Crippen molar-refractivity contribution in [2.75, 3.05) is 18.9 Å². The molecular formula is C9H11N3O2. The van der Waals surface area contributed by atoms with Crippen LogP contribution >= 0.6 is 0 Å². The molecule has 1 rings (SSSR count). The minimum Gasteiger partial charge on any atom is -0.478 e. The number of anilines is 1. The molecule has 0 atom stereocenters. The van der Waals surface area contributed by atoms with E-state index in [9.17, 15) is 0 Å². The molecule has 0 amide bonds. The molecule has 0 aromatic carbocycles. The molecule has 1 heterocycles. The van der Waals surface area contributed by atoms with Crippen molar-refractivity contribution in [3.63, 3.8) is 0 Å². The summed E-state index contributed by atoms with van der Waals surface area (Å²) in [6, 6.07) is 5.02. The number of nitrogen functional groups attached to an aromatic ring is 1. The van der Waals surface area contributed by atoms with Gasteiger partial charge in [-0.05, 0) is 6.07 Å². The summed E-state index contributed by atoms with van der Waals surface area (Å²) in [4.78, 5) is 3.87. The summed E-state index contributed by atoms with van der Waals surface area (Å²) in [5.41, 5.74) is 5.97. The molecule has 5 nitrogen and oxygen atoms in total. The van der Waals surface area contributed by atoms with Gasteiger partial charge in [0.2, 0.25) is 5.88 Å². The van der Waals surface area contributed by atoms with E-state index < -0.39 is 0 Å². The lowest BCUT2D eigenvalue weighted by Crippen LogP contribution is -2.03. The van der Waals surface area contributed by atoms with Crippen LogP contribution in [0.2, 0.25) is 0 Å². The van der Waals surface area contributed by atoms with Gasteiger partial charge in [-0.25, -0.2) is 4.98 Å². The minimum atomic E-state index is 0.0695. The lowest BCUT2D eigenvalue weighted by Gasteiger charge is -2.04. The largest absolute Gasteiger partial charge is 0.478 e. The van der Waals surface area contributed by atoms with Gasteiger partial charge in [-0.15, -0.1) is 0 Å². The normalized spacial score (nSPS) is 9.43. The standard InChI is InChI=1S/C9H11N3O2/c10-6-8-7(11)2-3-9(12-8)14-5-1-4-13/h2-3,13H,1,4-5,11H2. The van der Waals surface area contributed by atoms with E-state index in [0.29, 0.717) is 24.6 Å². The van der Waals surface area contributed by atoms with Crippen molar-refractivity contribution in [2.24, 2.45) is 0 Å². The summed E-state index contributed by atoms with van der Waals surface area (Å²) >= 11 is 0. The number of hydrogen-bond acceptors (Lipinski definition) is 5. The number of aromatic nitrogens is 1. The van der Waals surface area contributed by atoms with Crippen LogP contribution in [0.4, 0.5) is 5.69 Å². The van der Waals surface area contributed by atoms with Crippen molar-refractivity contribution < 1.29 is 9.84 Å². The van der Waals surface area contributed by atoms with Crippen LogP contribution in [0.25, 0.3) is 0 Å². The zero-order valence-corrected chi connectivity index (χ0v) is 7.60. The molecule has 0 aliphatic heterocycles. The van der Waals surface area contributed by atoms with Gasteiger partial charge in [0.25, 0.3) is 0 Å². The molecule has 0 spiro atoms. The zero-order chi connectivity index (χ0) is 10.4. The van der Waals surface area contributed by atoms with Crippen LogP contribution in [0, 0.1) is 11.3 Å². The highest BCUT2D eigenvalue weighted by Crippen LogP contribution is 2.13. The molecule has 74 valence electrons. The smallest absolute Gasteiger partial charge is 0.214 e. The van der Waals surface area contributed by atoms with E-state index in [1.165, 1.54) is 0 Å². The van der Waals surface area contributed by atoms with Crippen molar-refractivity contribution in [1.82, 2.24) is 4.98 Å². The van der Waals surface area contributed by atoms with E-state index in [0.717, 1.165) is 0 Å². The van der Waals surface area contributed by atoms with Crippen molar-refractivity contribution in [2.45, 2.75) is 6.42 Å². The van der Waals surface area contributed by atoms with Gasteiger partial charge >= 0.3 is 0 Å². The van der Waals surface area contributed by atoms with E-state index >= 15 is 0 Å². The van der Waals surface area contributed by atoms with E-state index in [2.05, 4.69) is 4.98 Å². The second-order valence-electron chi connectivity index (χ2n) is 2.62. The highest BCUT2D eigenvalue weighted by atomic mass is 16.5. The van der Waals surface area contributed by atoms with Crippen molar-refractivity contribution >= 4 is 5.69 Å². The number of nitriles is 1. The van der Waals surface area contributed by atoms with Crippen molar-refractivity contribution in [1.29, 1.82) is 5.26 Å². The maximum atomic E-state index is 8.63. The second kappa shape index (κ2) is 5.04. The molecule has 1 aromatic heterocycles. The Bertz CT molecular complexity index is 346. The highest BCUT2D eigenvalue weighted by Gasteiger charge is 2.02. The SMILES string of the molecule is N#Cc1nc(OCCCO)ccc1N. The Morgan fingerprint density at radius 3 is 3.00 bits per heavy atom. The van der Waals surface area contributed by atoms with E-state index in [1.54, 1.807) is 12.1 Å². The number of ether oxygens (including phenoxy) is 1. The Morgan fingerprint density at radius 2 is 2.36 bits per heavy atom. The maximum absolute atomic E-state index is 8.63. The molecule has 0 saturated heterocycles. The van der Waals surface area contributed by atoms with Gasteiger partial charge in [0.1, 0.15) is 6.07 Å². The molecule has 0 unspecified atom stereocenters. The van der Waals surface area contributed by atoms with Crippen LogP contribution < -0.4 is 10.5 Å². The number of rotatable bonds is 4. The first-order valence-corrected chi connectivity index (χ1v) is 4.18. The van der Waals surface area contributed by atoms with Gasteiger partial charge in [0.15, 0.2) is 5.69 Å². The molecule has 0 aliphatic carbocycles. The van der Waals surface area contributed by atoms with Gasteiger partial charge < -0.3 is 15.6 Å². The number of aliphatic hydroxyl groups excluding tert-OH is 1. The quantitative estimate of drug-likeness (QED) is 0.671. The summed E-state index contributed by atoms with van der Waals surface area (Å²) in [6.07, 6.45) is 0.536. The average molecular weight is 193 g/mol. The minimum absolute atomic E-state index is 0.0695. The first-order chi connectivity index (χ1) is 6.77. The third-order valence-electron chi connectivity index (χ3n) is 1.56. The van der Waals surface area contributed by atoms with Gasteiger partial charge in [0.05, 0.1) is 12.3 Å². The van der Waals surface area contributed by atoms with Crippen LogP contribution in [0.3, 0.4) is 0 Å². The Morgan fingerprint density at radius 1 is 1.57 bits per heavy atom. The molecule has 14 heavy (non-hydrogen) atoms. The van der Waals surface area contributed by atoms with E-state index in [1.807, 2.05) is 6.07 Å². The fourth-order valence-corrected chi connectivity index (χ4v) is 0.863. The molecule has 5 heteroatoms. The lowest BCUT2D eigenvalue weighted by molar-refractivity contribution is 0.229. The Hall–Kier alpha value is -1.80. The van der Waals surface area contributed by atoms with E-state index in [-0.39, 0.29) is 12.3 Å². The molecule has 3 N–H and O–H groups in total. The van der Waals surface area contributed by atoms with Crippen LogP contribution in [-0.4, -0.2) is 23.3 Å². The van der Waals surface area contributed by atoms with Crippen molar-refractivity contribution in [3.05, 3.63) is 17.8 Å². The van der Waals surface area contributed by atoms with Crippen LogP contribution in [-0.2, 0) is 0 Å². The van der Waals surface area contributed by atoms with E-state index in [4.69, 9.17) is 20.8 Å².